The number of benzene rings is 1. The summed E-state index contributed by atoms with van der Waals surface area (Å²) in [6.07, 6.45) is 1.73. The van der Waals surface area contributed by atoms with Crippen molar-refractivity contribution in [2.75, 3.05) is 0 Å². The Labute approximate surface area is 134 Å². The smallest absolute Gasteiger partial charge is 0.164 e. The third kappa shape index (κ3) is 2.45. The van der Waals surface area contributed by atoms with Gasteiger partial charge in [-0.1, -0.05) is 0 Å². The van der Waals surface area contributed by atoms with Crippen LogP contribution in [-0.2, 0) is 0 Å². The number of aryl methyl sites for hydroxylation is 1. The minimum absolute atomic E-state index is 0.289. The van der Waals surface area contributed by atoms with Crippen LogP contribution < -0.4 is 0 Å². The summed E-state index contributed by atoms with van der Waals surface area (Å²) < 4.78 is 15.7. The first-order valence-electron chi connectivity index (χ1n) is 6.42. The van der Waals surface area contributed by atoms with Crippen LogP contribution >= 0.6 is 27.5 Å². The van der Waals surface area contributed by atoms with Gasteiger partial charge in [-0.3, -0.25) is 4.57 Å². The fourth-order valence-corrected chi connectivity index (χ4v) is 2.77. The lowest BCUT2D eigenvalue weighted by Gasteiger charge is -2.10. The number of halogens is 3. The second-order valence-corrected chi connectivity index (χ2v) is 6.33. The van der Waals surface area contributed by atoms with Gasteiger partial charge in [0.15, 0.2) is 5.65 Å². The number of nitrogens with zero attached hydrogens (tertiary/aromatic N) is 3. The summed E-state index contributed by atoms with van der Waals surface area (Å²) >= 11 is 9.47. The monoisotopic (exact) mass is 367 g/mol. The standard InChI is InChI=1S/C15H12BrClFN3/c1-8-5-6-19-15-13(8)20-14(9(2)17)21(15)10-3-4-12(18)11(16)7-10/h3-7,9H,1-2H3. The van der Waals surface area contributed by atoms with E-state index in [0.717, 1.165) is 22.4 Å². The molecule has 0 radical (unpaired) electrons. The quantitative estimate of drug-likeness (QED) is 0.600. The Hall–Kier alpha value is -1.46. The maximum absolute atomic E-state index is 13.5. The molecule has 0 saturated carbocycles. The Morgan fingerprint density at radius 1 is 1.33 bits per heavy atom. The molecule has 0 saturated heterocycles. The summed E-state index contributed by atoms with van der Waals surface area (Å²) in [5.74, 6) is 0.375. The van der Waals surface area contributed by atoms with Gasteiger partial charge in [-0.2, -0.15) is 0 Å². The number of imidazole rings is 1. The number of fused-ring (bicyclic) bond motifs is 1. The summed E-state index contributed by atoms with van der Waals surface area (Å²) in [5.41, 5.74) is 3.32. The molecule has 1 unspecified atom stereocenters. The van der Waals surface area contributed by atoms with Crippen molar-refractivity contribution >= 4 is 38.7 Å². The number of rotatable bonds is 2. The minimum atomic E-state index is -0.312. The molecule has 108 valence electrons. The molecule has 1 atom stereocenters. The lowest BCUT2D eigenvalue weighted by atomic mass is 10.2. The highest BCUT2D eigenvalue weighted by atomic mass is 79.9. The van der Waals surface area contributed by atoms with Crippen molar-refractivity contribution in [3.8, 4) is 5.69 Å². The van der Waals surface area contributed by atoms with Gasteiger partial charge in [-0.15, -0.1) is 11.6 Å². The summed E-state index contributed by atoms with van der Waals surface area (Å²) in [7, 11) is 0. The molecule has 21 heavy (non-hydrogen) atoms. The third-order valence-corrected chi connectivity index (χ3v) is 4.09. The van der Waals surface area contributed by atoms with E-state index in [2.05, 4.69) is 25.9 Å². The second kappa shape index (κ2) is 5.39. The van der Waals surface area contributed by atoms with Crippen LogP contribution in [0.25, 0.3) is 16.9 Å². The van der Waals surface area contributed by atoms with Gasteiger partial charge in [-0.25, -0.2) is 14.4 Å². The van der Waals surface area contributed by atoms with Crippen molar-refractivity contribution in [3.05, 3.63) is 52.1 Å². The van der Waals surface area contributed by atoms with Crippen LogP contribution in [-0.4, -0.2) is 14.5 Å². The van der Waals surface area contributed by atoms with Gasteiger partial charge in [0.25, 0.3) is 0 Å². The third-order valence-electron chi connectivity index (χ3n) is 3.29. The molecular weight excluding hydrogens is 357 g/mol. The average Bonchev–Trinajstić information content (AvgIpc) is 2.83. The molecule has 3 aromatic rings. The zero-order valence-electron chi connectivity index (χ0n) is 11.4. The number of aromatic nitrogens is 3. The molecule has 0 fully saturated rings. The highest BCUT2D eigenvalue weighted by Gasteiger charge is 2.18. The number of hydrogen-bond donors (Lipinski definition) is 0. The fraction of sp³-hybridized carbons (Fsp3) is 0.200. The van der Waals surface area contributed by atoms with E-state index in [1.165, 1.54) is 6.07 Å². The van der Waals surface area contributed by atoms with Crippen molar-refractivity contribution in [3.63, 3.8) is 0 Å². The van der Waals surface area contributed by atoms with Crippen LogP contribution in [0.15, 0.2) is 34.9 Å². The van der Waals surface area contributed by atoms with E-state index >= 15 is 0 Å². The normalized spacial score (nSPS) is 12.8. The van der Waals surface area contributed by atoms with E-state index in [4.69, 9.17) is 11.6 Å². The topological polar surface area (TPSA) is 30.7 Å². The molecule has 0 N–H and O–H groups in total. The van der Waals surface area contributed by atoms with Crippen LogP contribution in [0.1, 0.15) is 23.7 Å². The van der Waals surface area contributed by atoms with Crippen molar-refractivity contribution in [2.24, 2.45) is 0 Å². The van der Waals surface area contributed by atoms with Crippen LogP contribution in [0.4, 0.5) is 4.39 Å². The van der Waals surface area contributed by atoms with Gasteiger partial charge in [-0.05, 0) is 59.6 Å². The number of pyridine rings is 1. The molecule has 1 aromatic carbocycles. The summed E-state index contributed by atoms with van der Waals surface area (Å²) in [4.78, 5) is 9.01. The highest BCUT2D eigenvalue weighted by molar-refractivity contribution is 9.10. The van der Waals surface area contributed by atoms with Crippen molar-refractivity contribution < 1.29 is 4.39 Å². The first kappa shape index (κ1) is 14.5. The van der Waals surface area contributed by atoms with Gasteiger partial charge in [0.2, 0.25) is 0 Å². The van der Waals surface area contributed by atoms with Crippen LogP contribution in [0.3, 0.4) is 0 Å². The zero-order valence-corrected chi connectivity index (χ0v) is 13.8. The summed E-state index contributed by atoms with van der Waals surface area (Å²) in [6, 6.07) is 6.70. The van der Waals surface area contributed by atoms with Crippen molar-refractivity contribution in [2.45, 2.75) is 19.2 Å². The Balaban J connectivity index is 2.36. The minimum Gasteiger partial charge on any atom is -0.279 e. The first-order chi connectivity index (χ1) is 9.99. The predicted octanol–water partition coefficient (Wildman–Crippen LogP) is 4.93. The van der Waals surface area contributed by atoms with Crippen molar-refractivity contribution in [1.29, 1.82) is 0 Å². The van der Waals surface area contributed by atoms with Gasteiger partial charge >= 0.3 is 0 Å². The Bertz CT molecular complexity index is 829. The Morgan fingerprint density at radius 3 is 2.76 bits per heavy atom. The molecule has 3 rings (SSSR count). The SMILES string of the molecule is Cc1ccnc2c1nc(C(C)Cl)n2-c1ccc(F)c(Br)c1. The van der Waals surface area contributed by atoms with Crippen LogP contribution in [0.5, 0.6) is 0 Å². The van der Waals surface area contributed by atoms with E-state index in [9.17, 15) is 4.39 Å². The maximum atomic E-state index is 13.5. The molecule has 0 bridgehead atoms. The van der Waals surface area contributed by atoms with E-state index in [1.807, 2.05) is 24.5 Å². The van der Waals surface area contributed by atoms with Crippen LogP contribution in [0, 0.1) is 12.7 Å². The van der Waals surface area contributed by atoms with Gasteiger partial charge in [0.1, 0.15) is 17.2 Å². The van der Waals surface area contributed by atoms with E-state index in [0.29, 0.717) is 10.3 Å². The molecule has 0 aliphatic heterocycles. The predicted molar refractivity (Wildman–Crippen MR) is 85.5 cm³/mol. The number of alkyl halides is 1. The molecular formula is C15H12BrClFN3. The molecule has 0 amide bonds. The average molecular weight is 369 g/mol. The highest BCUT2D eigenvalue weighted by Crippen LogP contribution is 2.30. The first-order valence-corrected chi connectivity index (χ1v) is 7.65. The maximum Gasteiger partial charge on any atom is 0.164 e. The fourth-order valence-electron chi connectivity index (χ4n) is 2.26. The Kier molecular flexibility index (Phi) is 3.71. The summed E-state index contributed by atoms with van der Waals surface area (Å²) in [5, 5.41) is -0.289. The molecule has 0 spiro atoms. The van der Waals surface area contributed by atoms with E-state index in [-0.39, 0.29) is 11.2 Å². The lowest BCUT2D eigenvalue weighted by Crippen LogP contribution is -2.03. The molecule has 0 aliphatic rings. The largest absolute Gasteiger partial charge is 0.279 e. The second-order valence-electron chi connectivity index (χ2n) is 4.82. The van der Waals surface area contributed by atoms with Crippen molar-refractivity contribution in [1.82, 2.24) is 14.5 Å². The number of hydrogen-bond acceptors (Lipinski definition) is 2. The summed E-state index contributed by atoms with van der Waals surface area (Å²) in [6.45, 7) is 3.83. The van der Waals surface area contributed by atoms with E-state index < -0.39 is 0 Å². The molecule has 6 heteroatoms. The zero-order chi connectivity index (χ0) is 15.1. The molecule has 2 heterocycles. The molecule has 0 aliphatic carbocycles. The Morgan fingerprint density at radius 2 is 2.10 bits per heavy atom. The van der Waals surface area contributed by atoms with Crippen LogP contribution in [0.2, 0.25) is 0 Å². The van der Waals surface area contributed by atoms with Gasteiger partial charge in [0, 0.05) is 6.20 Å². The van der Waals surface area contributed by atoms with E-state index in [1.54, 1.807) is 18.3 Å². The van der Waals surface area contributed by atoms with Gasteiger partial charge < -0.3 is 0 Å². The molecule has 2 aromatic heterocycles. The molecule has 3 nitrogen and oxygen atoms in total. The lowest BCUT2D eigenvalue weighted by molar-refractivity contribution is 0.620. The van der Waals surface area contributed by atoms with Gasteiger partial charge in [0.05, 0.1) is 15.5 Å².